The van der Waals surface area contributed by atoms with Crippen molar-refractivity contribution in [2.45, 2.75) is 39.8 Å². The lowest BCUT2D eigenvalue weighted by molar-refractivity contribution is 0.565. The number of nitrogens with zero attached hydrogens (tertiary/aromatic N) is 3. The molecule has 1 aliphatic rings. The van der Waals surface area contributed by atoms with Gasteiger partial charge in [0.05, 0.1) is 17.8 Å². The van der Waals surface area contributed by atoms with Crippen molar-refractivity contribution in [1.29, 1.82) is 0 Å². The van der Waals surface area contributed by atoms with Gasteiger partial charge in [0.15, 0.2) is 5.11 Å². The van der Waals surface area contributed by atoms with E-state index in [9.17, 15) is 0 Å². The molecule has 1 saturated heterocycles. The average molecular weight is 453 g/mol. The second-order valence-corrected chi connectivity index (χ2v) is 9.23. The average Bonchev–Trinajstić information content (AvgIpc) is 3.29. The van der Waals surface area contributed by atoms with E-state index in [2.05, 4.69) is 103 Å². The minimum atomic E-state index is -0.0516. The van der Waals surface area contributed by atoms with Crippen LogP contribution in [0.15, 0.2) is 79.0 Å². The normalized spacial score (nSPS) is 17.9. The standard InChI is InChI=1S/C28H28N4S/c1-18-14-19(2)16-23(15-18)32-27(26(30-28(32)33)25-12-8-9-13-29-25)24-17-20(3)31(21(24)4)22-10-6-5-7-11-22/h5-17,26-27H,1-4H3,(H,30,33)/t26-,27-/m1/s1. The van der Waals surface area contributed by atoms with Crippen molar-refractivity contribution < 1.29 is 0 Å². The Morgan fingerprint density at radius 2 is 1.52 bits per heavy atom. The molecule has 1 N–H and O–H groups in total. The highest BCUT2D eigenvalue weighted by molar-refractivity contribution is 7.80. The van der Waals surface area contributed by atoms with E-state index in [1.807, 2.05) is 18.3 Å². The van der Waals surface area contributed by atoms with Crippen molar-refractivity contribution >= 4 is 23.0 Å². The monoisotopic (exact) mass is 452 g/mol. The van der Waals surface area contributed by atoms with Gasteiger partial charge in [-0.2, -0.15) is 0 Å². The number of pyridine rings is 1. The van der Waals surface area contributed by atoms with Crippen LogP contribution in [0.5, 0.6) is 0 Å². The van der Waals surface area contributed by atoms with Crippen molar-refractivity contribution in [2.75, 3.05) is 4.90 Å². The maximum atomic E-state index is 5.92. The Morgan fingerprint density at radius 1 is 0.818 bits per heavy atom. The summed E-state index contributed by atoms with van der Waals surface area (Å²) in [6.45, 7) is 8.64. The van der Waals surface area contributed by atoms with Gasteiger partial charge in [-0.05, 0) is 99.1 Å². The molecule has 166 valence electrons. The second-order valence-electron chi connectivity index (χ2n) is 8.84. The van der Waals surface area contributed by atoms with Gasteiger partial charge in [-0.3, -0.25) is 4.98 Å². The molecule has 5 heteroatoms. The molecule has 0 aliphatic carbocycles. The second kappa shape index (κ2) is 8.49. The highest BCUT2D eigenvalue weighted by atomic mass is 32.1. The molecular weight excluding hydrogens is 424 g/mol. The van der Waals surface area contributed by atoms with Gasteiger partial charge in [-0.15, -0.1) is 0 Å². The summed E-state index contributed by atoms with van der Waals surface area (Å²) in [6, 6.07) is 25.4. The zero-order valence-electron chi connectivity index (χ0n) is 19.4. The number of nitrogens with one attached hydrogen (secondary N) is 1. The first-order valence-corrected chi connectivity index (χ1v) is 11.7. The predicted octanol–water partition coefficient (Wildman–Crippen LogP) is 6.28. The van der Waals surface area contributed by atoms with Crippen LogP contribution in [0.25, 0.3) is 5.69 Å². The van der Waals surface area contributed by atoms with Gasteiger partial charge in [0.1, 0.15) is 0 Å². The minimum absolute atomic E-state index is 0.0164. The number of aryl methyl sites for hydroxylation is 3. The summed E-state index contributed by atoms with van der Waals surface area (Å²) < 4.78 is 2.33. The smallest absolute Gasteiger partial charge is 0.174 e. The number of thiocarbonyl (C=S) groups is 1. The molecule has 33 heavy (non-hydrogen) atoms. The third kappa shape index (κ3) is 3.83. The number of hydrogen-bond acceptors (Lipinski definition) is 2. The van der Waals surface area contributed by atoms with E-state index in [0.717, 1.165) is 16.5 Å². The molecule has 2 aromatic carbocycles. The molecule has 1 fully saturated rings. The summed E-state index contributed by atoms with van der Waals surface area (Å²) in [5, 5.41) is 4.31. The van der Waals surface area contributed by atoms with Crippen LogP contribution in [0.4, 0.5) is 5.69 Å². The van der Waals surface area contributed by atoms with Crippen molar-refractivity contribution in [1.82, 2.24) is 14.9 Å². The van der Waals surface area contributed by atoms with Gasteiger partial charge in [0, 0.05) is 29.0 Å². The lowest BCUT2D eigenvalue weighted by Gasteiger charge is -2.29. The fourth-order valence-corrected chi connectivity index (χ4v) is 5.45. The topological polar surface area (TPSA) is 33.1 Å². The summed E-state index contributed by atoms with van der Waals surface area (Å²) in [6.07, 6.45) is 1.85. The van der Waals surface area contributed by atoms with E-state index in [0.29, 0.717) is 0 Å². The van der Waals surface area contributed by atoms with Gasteiger partial charge >= 0.3 is 0 Å². The summed E-state index contributed by atoms with van der Waals surface area (Å²) in [5.74, 6) is 0. The molecule has 0 spiro atoms. The largest absolute Gasteiger partial charge is 0.351 e. The third-order valence-corrected chi connectivity index (χ3v) is 6.70. The number of anilines is 1. The van der Waals surface area contributed by atoms with Gasteiger partial charge in [0.25, 0.3) is 0 Å². The van der Waals surface area contributed by atoms with E-state index in [1.54, 1.807) is 0 Å². The van der Waals surface area contributed by atoms with Gasteiger partial charge < -0.3 is 14.8 Å². The van der Waals surface area contributed by atoms with Gasteiger partial charge in [-0.25, -0.2) is 0 Å². The quantitative estimate of drug-likeness (QED) is 0.369. The van der Waals surface area contributed by atoms with Crippen molar-refractivity contribution in [3.8, 4) is 5.69 Å². The van der Waals surface area contributed by atoms with Crippen LogP contribution >= 0.6 is 12.2 Å². The summed E-state index contributed by atoms with van der Waals surface area (Å²) in [4.78, 5) is 6.97. The fraction of sp³-hybridized carbons (Fsp3) is 0.214. The van der Waals surface area contributed by atoms with E-state index in [1.165, 1.54) is 33.8 Å². The lowest BCUT2D eigenvalue weighted by Crippen LogP contribution is -2.29. The van der Waals surface area contributed by atoms with Crippen LogP contribution < -0.4 is 10.2 Å². The molecule has 1 aliphatic heterocycles. The molecular formula is C28H28N4S. The summed E-state index contributed by atoms with van der Waals surface area (Å²) in [7, 11) is 0. The molecule has 4 nitrogen and oxygen atoms in total. The first kappa shape index (κ1) is 21.4. The molecule has 0 amide bonds. The van der Waals surface area contributed by atoms with Crippen molar-refractivity contribution in [3.05, 3.63) is 113 Å². The molecule has 2 aromatic heterocycles. The van der Waals surface area contributed by atoms with E-state index < -0.39 is 0 Å². The maximum absolute atomic E-state index is 5.92. The number of aromatic nitrogens is 2. The fourth-order valence-electron chi connectivity index (χ4n) is 5.10. The third-order valence-electron chi connectivity index (χ3n) is 6.39. The van der Waals surface area contributed by atoms with Crippen molar-refractivity contribution in [3.63, 3.8) is 0 Å². The van der Waals surface area contributed by atoms with Gasteiger partial charge in [-0.1, -0.05) is 30.3 Å². The molecule has 0 unspecified atom stereocenters. The Hall–Kier alpha value is -3.44. The molecule has 2 atom stereocenters. The van der Waals surface area contributed by atoms with E-state index >= 15 is 0 Å². The highest BCUT2D eigenvalue weighted by Gasteiger charge is 2.42. The Kier molecular flexibility index (Phi) is 5.51. The lowest BCUT2D eigenvalue weighted by atomic mass is 9.96. The van der Waals surface area contributed by atoms with Crippen LogP contribution in [0.3, 0.4) is 0 Å². The SMILES string of the molecule is Cc1cc(C)cc(N2C(=S)N[C@H](c3ccccn3)[C@H]2c2cc(C)n(-c3ccccc3)c2C)c1. The molecule has 0 saturated carbocycles. The van der Waals surface area contributed by atoms with Crippen LogP contribution in [0.2, 0.25) is 0 Å². The Balaban J connectivity index is 1.70. The Bertz CT molecular complexity index is 1290. The molecule has 0 bridgehead atoms. The predicted molar refractivity (Wildman–Crippen MR) is 139 cm³/mol. The first-order valence-electron chi connectivity index (χ1n) is 11.3. The van der Waals surface area contributed by atoms with E-state index in [4.69, 9.17) is 17.2 Å². The Labute approximate surface area is 200 Å². The Morgan fingerprint density at radius 3 is 2.18 bits per heavy atom. The zero-order chi connectivity index (χ0) is 23.1. The number of hydrogen-bond donors (Lipinski definition) is 1. The van der Waals surface area contributed by atoms with Gasteiger partial charge in [0.2, 0.25) is 0 Å². The molecule has 0 radical (unpaired) electrons. The highest BCUT2D eigenvalue weighted by Crippen LogP contribution is 2.44. The maximum Gasteiger partial charge on any atom is 0.174 e. The number of rotatable bonds is 4. The van der Waals surface area contributed by atoms with E-state index in [-0.39, 0.29) is 12.1 Å². The zero-order valence-corrected chi connectivity index (χ0v) is 20.2. The van der Waals surface area contributed by atoms with Crippen LogP contribution in [-0.4, -0.2) is 14.7 Å². The molecule has 4 aromatic rings. The number of para-hydroxylation sites is 1. The minimum Gasteiger partial charge on any atom is -0.351 e. The van der Waals surface area contributed by atoms with Crippen LogP contribution in [0.1, 0.15) is 45.9 Å². The van der Waals surface area contributed by atoms with Crippen LogP contribution in [-0.2, 0) is 0 Å². The number of benzene rings is 2. The summed E-state index contributed by atoms with van der Waals surface area (Å²) in [5.41, 5.74) is 9.37. The first-order chi connectivity index (χ1) is 15.9. The molecule has 3 heterocycles. The molecule has 5 rings (SSSR count). The summed E-state index contributed by atoms with van der Waals surface area (Å²) >= 11 is 5.92. The van der Waals surface area contributed by atoms with Crippen LogP contribution in [0, 0.1) is 27.7 Å². The van der Waals surface area contributed by atoms with Crippen molar-refractivity contribution in [2.24, 2.45) is 0 Å².